The summed E-state index contributed by atoms with van der Waals surface area (Å²) in [5.41, 5.74) is 10.3. The zero-order valence-electron chi connectivity index (χ0n) is 21.9. The second-order valence-corrected chi connectivity index (χ2v) is 16.3. The fraction of sp³-hybridized carbons (Fsp3) is 0.171. The van der Waals surface area contributed by atoms with E-state index in [4.69, 9.17) is 0 Å². The maximum atomic E-state index is 2.62. The van der Waals surface area contributed by atoms with E-state index in [2.05, 4.69) is 135 Å². The molecule has 6 rings (SSSR count). The molecule has 4 aromatic rings. The Bertz CT molecular complexity index is 1410. The van der Waals surface area contributed by atoms with Crippen LogP contribution in [0.15, 0.2) is 130 Å². The summed E-state index contributed by atoms with van der Waals surface area (Å²) < 4.78 is 3.83. The molecule has 4 aromatic carbocycles. The topological polar surface area (TPSA) is 0 Å². The summed E-state index contributed by atoms with van der Waals surface area (Å²) >= 11 is -2.58. The predicted molar refractivity (Wildman–Crippen MR) is 150 cm³/mol. The van der Waals surface area contributed by atoms with Crippen LogP contribution in [0.25, 0.3) is 11.1 Å². The molecule has 0 fully saturated rings. The molecular weight excluding hydrogens is 583 g/mol. The van der Waals surface area contributed by atoms with Crippen molar-refractivity contribution in [3.05, 3.63) is 152 Å². The second-order valence-electron chi connectivity index (χ2n) is 10.0. The zero-order chi connectivity index (χ0) is 24.5. The minimum Gasteiger partial charge on any atom is -1.00 e. The number of hydrogen-bond donors (Lipinski definition) is 0. The first-order valence-corrected chi connectivity index (χ1v) is 17.1. The quantitative estimate of drug-likeness (QED) is 0.314. The molecule has 190 valence electrons. The van der Waals surface area contributed by atoms with Gasteiger partial charge in [-0.15, -0.1) is 0 Å². The number of allylic oxidation sites excluding steroid dienone is 4. The number of benzene rings is 4. The Morgan fingerprint density at radius 1 is 0.711 bits per heavy atom. The van der Waals surface area contributed by atoms with Crippen molar-refractivity contribution in [1.82, 2.24) is 0 Å². The fourth-order valence-electron chi connectivity index (χ4n) is 5.96. The van der Waals surface area contributed by atoms with E-state index in [1.54, 1.807) is 12.1 Å². The Labute approximate surface area is 247 Å². The molecule has 38 heavy (non-hydrogen) atoms. The van der Waals surface area contributed by atoms with E-state index >= 15 is 0 Å². The van der Waals surface area contributed by atoms with Gasteiger partial charge in [0.15, 0.2) is 0 Å². The number of halogens is 2. The third-order valence-corrected chi connectivity index (χ3v) is 16.2. The predicted octanol–water partition coefficient (Wildman–Crippen LogP) is 2.91. The summed E-state index contributed by atoms with van der Waals surface area (Å²) in [4.78, 5) is 0. The van der Waals surface area contributed by atoms with Crippen molar-refractivity contribution in [1.29, 1.82) is 0 Å². The minimum atomic E-state index is -2.58. The van der Waals surface area contributed by atoms with Crippen molar-refractivity contribution >= 4 is 3.21 Å². The summed E-state index contributed by atoms with van der Waals surface area (Å²) in [5, 5.41) is 0. The fourth-order valence-corrected chi connectivity index (χ4v) is 15.1. The SMILES string of the molecule is CCC(C)C1=CC[C]([Zr+2](=[C](c2ccccc2)c2ccccc2)[CH]2c3ccccc3-c3ccccc32)=C1.[Cl-].[Cl-]. The number of fused-ring (bicyclic) bond motifs is 3. The van der Waals surface area contributed by atoms with E-state index in [1.807, 2.05) is 0 Å². The normalized spacial score (nSPS) is 14.0. The van der Waals surface area contributed by atoms with Gasteiger partial charge in [0.05, 0.1) is 0 Å². The number of hydrogen-bond acceptors (Lipinski definition) is 0. The van der Waals surface area contributed by atoms with Crippen LogP contribution in [-0.4, -0.2) is 3.21 Å². The Morgan fingerprint density at radius 2 is 1.18 bits per heavy atom. The largest absolute Gasteiger partial charge is 1.00 e. The van der Waals surface area contributed by atoms with Crippen LogP contribution in [0.3, 0.4) is 0 Å². The second kappa shape index (κ2) is 12.7. The molecule has 0 spiro atoms. The van der Waals surface area contributed by atoms with Crippen LogP contribution in [0.2, 0.25) is 0 Å². The van der Waals surface area contributed by atoms with Crippen LogP contribution in [0.5, 0.6) is 0 Å². The first-order valence-electron chi connectivity index (χ1n) is 13.2. The first-order chi connectivity index (χ1) is 17.8. The molecule has 0 heterocycles. The van der Waals surface area contributed by atoms with E-state index < -0.39 is 21.3 Å². The van der Waals surface area contributed by atoms with Crippen LogP contribution < -0.4 is 24.8 Å². The Morgan fingerprint density at radius 3 is 1.68 bits per heavy atom. The molecule has 2 aliphatic rings. The van der Waals surface area contributed by atoms with Crippen molar-refractivity contribution in [2.75, 3.05) is 0 Å². The van der Waals surface area contributed by atoms with Gasteiger partial charge in [-0.05, 0) is 0 Å². The minimum absolute atomic E-state index is 0. The molecule has 1 atom stereocenters. The van der Waals surface area contributed by atoms with Gasteiger partial charge in [-0.25, -0.2) is 0 Å². The van der Waals surface area contributed by atoms with Crippen molar-refractivity contribution in [3.63, 3.8) is 0 Å². The molecule has 0 aliphatic heterocycles. The van der Waals surface area contributed by atoms with E-state index in [9.17, 15) is 0 Å². The molecule has 0 nitrogen and oxygen atoms in total. The van der Waals surface area contributed by atoms with Gasteiger partial charge in [0.25, 0.3) is 0 Å². The van der Waals surface area contributed by atoms with Gasteiger partial charge in [0.2, 0.25) is 0 Å². The van der Waals surface area contributed by atoms with Gasteiger partial charge in [-0.1, -0.05) is 0 Å². The average Bonchev–Trinajstić information content (AvgIpc) is 3.56. The summed E-state index contributed by atoms with van der Waals surface area (Å²) in [6.07, 6.45) is 7.46. The van der Waals surface area contributed by atoms with Gasteiger partial charge in [-0.3, -0.25) is 0 Å². The summed E-state index contributed by atoms with van der Waals surface area (Å²) in [6, 6.07) is 40.9. The first kappa shape index (κ1) is 28.7. The Hall–Kier alpha value is -2.31. The molecule has 0 bridgehead atoms. The van der Waals surface area contributed by atoms with E-state index in [1.165, 1.54) is 39.8 Å². The summed E-state index contributed by atoms with van der Waals surface area (Å²) in [7, 11) is 0. The number of rotatable bonds is 6. The van der Waals surface area contributed by atoms with Crippen LogP contribution in [0.1, 0.15) is 52.6 Å². The maximum absolute atomic E-state index is 2.62. The van der Waals surface area contributed by atoms with E-state index in [0.717, 1.165) is 6.42 Å². The molecule has 1 unspecified atom stereocenters. The van der Waals surface area contributed by atoms with Gasteiger partial charge >= 0.3 is 224 Å². The Kier molecular flexibility index (Phi) is 9.59. The van der Waals surface area contributed by atoms with Crippen molar-refractivity contribution in [2.45, 2.75) is 30.3 Å². The molecule has 0 amide bonds. The molecule has 0 saturated carbocycles. The zero-order valence-corrected chi connectivity index (χ0v) is 25.8. The van der Waals surface area contributed by atoms with Crippen molar-refractivity contribution in [3.8, 4) is 11.1 Å². The standard InChI is InChI=1S/C13H9.C13H10.C9H13.2ClH.Zr/c1-3-7-12-10(5-1)9-11-6-2-4-8-13(11)12;1-3-7-12(8-4-1)11-13-9-5-2-6-10-13;1-3-8(2)9-6-4-5-7-9;;;/h1-9H;1-10H;6-8H,3-4H2,1-2H3;2*1H;/q;;;;;+2/p-2. The van der Waals surface area contributed by atoms with Gasteiger partial charge < -0.3 is 24.8 Å². The molecule has 3 heteroatoms. The molecule has 2 aliphatic carbocycles. The van der Waals surface area contributed by atoms with Gasteiger partial charge in [-0.2, -0.15) is 0 Å². The molecule has 0 radical (unpaired) electrons. The molecule has 0 saturated heterocycles. The van der Waals surface area contributed by atoms with Gasteiger partial charge in [0, 0.05) is 0 Å². The van der Waals surface area contributed by atoms with Crippen LogP contribution in [0.4, 0.5) is 0 Å². The van der Waals surface area contributed by atoms with E-state index in [0.29, 0.717) is 9.54 Å². The monoisotopic (exact) mass is 612 g/mol. The smallest absolute Gasteiger partial charge is 1.00 e. The molecular formula is C35H32Cl2Zr. The van der Waals surface area contributed by atoms with Crippen molar-refractivity contribution in [2.24, 2.45) is 5.92 Å². The summed E-state index contributed by atoms with van der Waals surface area (Å²) in [5.74, 6) is 0.618. The van der Waals surface area contributed by atoms with Crippen LogP contribution in [0, 0.1) is 5.92 Å². The van der Waals surface area contributed by atoms with Crippen molar-refractivity contribution < 1.29 is 46.1 Å². The van der Waals surface area contributed by atoms with Crippen LogP contribution in [-0.2, 0) is 21.3 Å². The third-order valence-electron chi connectivity index (χ3n) is 7.94. The van der Waals surface area contributed by atoms with Crippen LogP contribution >= 0.6 is 0 Å². The maximum Gasteiger partial charge on any atom is -1.00 e. The molecule has 0 N–H and O–H groups in total. The van der Waals surface area contributed by atoms with Gasteiger partial charge in [0.1, 0.15) is 0 Å². The Balaban J connectivity index is 0.00000168. The van der Waals surface area contributed by atoms with E-state index in [-0.39, 0.29) is 24.8 Å². The molecule has 0 aromatic heterocycles. The average molecular weight is 615 g/mol. The third kappa shape index (κ3) is 5.27. The summed E-state index contributed by atoms with van der Waals surface area (Å²) in [6.45, 7) is 4.69.